The van der Waals surface area contributed by atoms with Crippen molar-refractivity contribution in [1.29, 1.82) is 0 Å². The SMILES string of the molecule is O=S1(=O)C=CC(NCCc2ccc3c(c2)CCO3)C1. The predicted molar refractivity (Wildman–Crippen MR) is 74.1 cm³/mol. The van der Waals surface area contributed by atoms with Crippen molar-refractivity contribution in [1.82, 2.24) is 5.32 Å². The van der Waals surface area contributed by atoms with Gasteiger partial charge in [-0.15, -0.1) is 0 Å². The number of rotatable bonds is 4. The van der Waals surface area contributed by atoms with Crippen LogP contribution in [0.25, 0.3) is 0 Å². The van der Waals surface area contributed by atoms with E-state index in [1.165, 1.54) is 16.5 Å². The molecule has 3 rings (SSSR count). The minimum Gasteiger partial charge on any atom is -0.493 e. The molecule has 1 aromatic rings. The zero-order valence-electron chi connectivity index (χ0n) is 10.6. The van der Waals surface area contributed by atoms with Crippen LogP contribution in [0.5, 0.6) is 5.75 Å². The Labute approximate surface area is 113 Å². The van der Waals surface area contributed by atoms with E-state index >= 15 is 0 Å². The van der Waals surface area contributed by atoms with Crippen molar-refractivity contribution in [2.45, 2.75) is 18.9 Å². The van der Waals surface area contributed by atoms with Crippen LogP contribution in [-0.2, 0) is 22.7 Å². The molecule has 1 aromatic carbocycles. The summed E-state index contributed by atoms with van der Waals surface area (Å²) in [6, 6.07) is 6.25. The molecule has 1 N–H and O–H groups in total. The molecule has 2 aliphatic heterocycles. The molecule has 0 bridgehead atoms. The van der Waals surface area contributed by atoms with E-state index in [-0.39, 0.29) is 11.8 Å². The van der Waals surface area contributed by atoms with Gasteiger partial charge in [0.15, 0.2) is 9.84 Å². The smallest absolute Gasteiger partial charge is 0.173 e. The molecular formula is C14H17NO3S. The van der Waals surface area contributed by atoms with E-state index in [4.69, 9.17) is 4.74 Å². The van der Waals surface area contributed by atoms with Crippen molar-refractivity contribution in [3.8, 4) is 5.75 Å². The molecule has 0 fully saturated rings. The van der Waals surface area contributed by atoms with Gasteiger partial charge in [-0.3, -0.25) is 0 Å². The maximum atomic E-state index is 11.3. The highest BCUT2D eigenvalue weighted by molar-refractivity contribution is 7.94. The number of ether oxygens (including phenoxy) is 1. The summed E-state index contributed by atoms with van der Waals surface area (Å²) in [4.78, 5) is 0. The Balaban J connectivity index is 1.52. The van der Waals surface area contributed by atoms with Crippen molar-refractivity contribution in [2.75, 3.05) is 18.9 Å². The van der Waals surface area contributed by atoms with Crippen LogP contribution in [0.15, 0.2) is 29.7 Å². The van der Waals surface area contributed by atoms with Gasteiger partial charge in [0, 0.05) is 17.9 Å². The first-order valence-corrected chi connectivity index (χ1v) is 8.23. The van der Waals surface area contributed by atoms with Crippen molar-refractivity contribution >= 4 is 9.84 Å². The van der Waals surface area contributed by atoms with E-state index in [0.717, 1.165) is 31.7 Å². The molecule has 0 aliphatic carbocycles. The number of benzene rings is 1. The largest absolute Gasteiger partial charge is 0.493 e. The third-order valence-electron chi connectivity index (χ3n) is 3.50. The van der Waals surface area contributed by atoms with Crippen molar-refractivity contribution in [3.05, 3.63) is 40.8 Å². The van der Waals surface area contributed by atoms with Gasteiger partial charge in [0.25, 0.3) is 0 Å². The number of sulfone groups is 1. The number of hydrogen-bond donors (Lipinski definition) is 1. The fourth-order valence-electron chi connectivity index (χ4n) is 2.50. The molecule has 0 spiro atoms. The van der Waals surface area contributed by atoms with Gasteiger partial charge in [0.1, 0.15) is 5.75 Å². The predicted octanol–water partition coefficient (Wildman–Crippen LogP) is 1.06. The fraction of sp³-hybridized carbons (Fsp3) is 0.429. The normalized spacial score (nSPS) is 23.3. The molecule has 0 saturated carbocycles. The van der Waals surface area contributed by atoms with Crippen molar-refractivity contribution < 1.29 is 13.2 Å². The molecule has 0 saturated heterocycles. The van der Waals surface area contributed by atoms with E-state index in [2.05, 4.69) is 17.4 Å². The third-order valence-corrected chi connectivity index (χ3v) is 4.90. The highest BCUT2D eigenvalue weighted by atomic mass is 32.2. The van der Waals surface area contributed by atoms with Gasteiger partial charge in [-0.1, -0.05) is 18.2 Å². The minimum atomic E-state index is -2.96. The van der Waals surface area contributed by atoms with Crippen molar-refractivity contribution in [2.24, 2.45) is 0 Å². The Hall–Kier alpha value is -1.33. The van der Waals surface area contributed by atoms with Crippen LogP contribution in [0.1, 0.15) is 11.1 Å². The number of nitrogens with one attached hydrogen (secondary N) is 1. The molecular weight excluding hydrogens is 262 g/mol. The fourth-order valence-corrected chi connectivity index (χ4v) is 3.77. The van der Waals surface area contributed by atoms with Gasteiger partial charge < -0.3 is 10.1 Å². The summed E-state index contributed by atoms with van der Waals surface area (Å²) < 4.78 is 28.0. The first-order chi connectivity index (χ1) is 9.12. The van der Waals surface area contributed by atoms with E-state index in [0.29, 0.717) is 0 Å². The molecule has 4 nitrogen and oxygen atoms in total. The molecule has 2 heterocycles. The van der Waals surface area contributed by atoms with Gasteiger partial charge in [-0.25, -0.2) is 8.42 Å². The molecule has 2 aliphatic rings. The highest BCUT2D eigenvalue weighted by Crippen LogP contribution is 2.25. The topological polar surface area (TPSA) is 55.4 Å². The van der Waals surface area contributed by atoms with Crippen LogP contribution >= 0.6 is 0 Å². The second kappa shape index (κ2) is 4.98. The van der Waals surface area contributed by atoms with Gasteiger partial charge in [-0.2, -0.15) is 0 Å². The standard InChI is InChI=1S/C14H17NO3S/c16-19(17)8-5-13(10-19)15-6-3-11-1-2-14-12(9-11)4-7-18-14/h1-2,5,8-9,13,15H,3-4,6-7,10H2. The lowest BCUT2D eigenvalue weighted by Gasteiger charge is -2.10. The summed E-state index contributed by atoms with van der Waals surface area (Å²) in [6.07, 6.45) is 3.61. The van der Waals surface area contributed by atoms with Gasteiger partial charge >= 0.3 is 0 Å². The molecule has 1 atom stereocenters. The molecule has 0 amide bonds. The first-order valence-electron chi connectivity index (χ1n) is 6.51. The summed E-state index contributed by atoms with van der Waals surface area (Å²) in [7, 11) is -2.96. The maximum absolute atomic E-state index is 11.3. The Morgan fingerprint density at radius 3 is 3.05 bits per heavy atom. The zero-order valence-corrected chi connectivity index (χ0v) is 11.4. The van der Waals surface area contributed by atoms with Crippen LogP contribution in [-0.4, -0.2) is 33.4 Å². The van der Waals surface area contributed by atoms with Gasteiger partial charge in [-0.05, 0) is 30.2 Å². The average molecular weight is 279 g/mol. The van der Waals surface area contributed by atoms with Crippen LogP contribution in [0.2, 0.25) is 0 Å². The average Bonchev–Trinajstić information content (AvgIpc) is 2.95. The summed E-state index contributed by atoms with van der Waals surface area (Å²) in [5.41, 5.74) is 2.54. The molecule has 102 valence electrons. The molecule has 0 radical (unpaired) electrons. The summed E-state index contributed by atoms with van der Waals surface area (Å²) in [5, 5.41) is 4.56. The Morgan fingerprint density at radius 2 is 2.26 bits per heavy atom. The van der Waals surface area contributed by atoms with E-state index < -0.39 is 9.84 Å². The van der Waals surface area contributed by atoms with E-state index in [1.807, 2.05) is 6.07 Å². The third kappa shape index (κ3) is 2.98. The van der Waals surface area contributed by atoms with E-state index in [9.17, 15) is 8.42 Å². The minimum absolute atomic E-state index is 0.0391. The van der Waals surface area contributed by atoms with Crippen LogP contribution in [0.4, 0.5) is 0 Å². The summed E-state index contributed by atoms with van der Waals surface area (Å²) >= 11 is 0. The molecule has 5 heteroatoms. The van der Waals surface area contributed by atoms with E-state index in [1.54, 1.807) is 6.08 Å². The Bertz CT molecular complexity index is 607. The van der Waals surface area contributed by atoms with Gasteiger partial charge in [0.2, 0.25) is 0 Å². The lowest BCUT2D eigenvalue weighted by molar-refractivity contribution is 0.357. The highest BCUT2D eigenvalue weighted by Gasteiger charge is 2.20. The lowest BCUT2D eigenvalue weighted by atomic mass is 10.1. The summed E-state index contributed by atoms with van der Waals surface area (Å²) in [5.74, 6) is 1.19. The second-order valence-corrected chi connectivity index (χ2v) is 6.94. The second-order valence-electron chi connectivity index (χ2n) is 5.01. The summed E-state index contributed by atoms with van der Waals surface area (Å²) in [6.45, 7) is 1.56. The van der Waals surface area contributed by atoms with Crippen molar-refractivity contribution in [3.63, 3.8) is 0 Å². The van der Waals surface area contributed by atoms with Gasteiger partial charge in [0.05, 0.1) is 12.4 Å². The number of fused-ring (bicyclic) bond motifs is 1. The van der Waals surface area contributed by atoms with Crippen LogP contribution in [0.3, 0.4) is 0 Å². The quantitative estimate of drug-likeness (QED) is 0.895. The molecule has 1 unspecified atom stereocenters. The maximum Gasteiger partial charge on any atom is 0.173 e. The first kappa shape index (κ1) is 12.7. The van der Waals surface area contributed by atoms with Crippen LogP contribution < -0.4 is 10.1 Å². The lowest BCUT2D eigenvalue weighted by Crippen LogP contribution is -2.31. The van der Waals surface area contributed by atoms with Crippen LogP contribution in [0, 0.1) is 0 Å². The monoisotopic (exact) mass is 279 g/mol. The number of hydrogen-bond acceptors (Lipinski definition) is 4. The molecule has 0 aromatic heterocycles. The molecule has 19 heavy (non-hydrogen) atoms. The zero-order chi connectivity index (χ0) is 13.3. The Morgan fingerprint density at radius 1 is 1.37 bits per heavy atom. The Kier molecular flexibility index (Phi) is 3.33.